The Bertz CT molecular complexity index is 614. The number of carbonyl (C=O) groups is 2. The van der Waals surface area contributed by atoms with E-state index in [9.17, 15) is 9.59 Å². The molecule has 7 heteroatoms. The van der Waals surface area contributed by atoms with Gasteiger partial charge in [-0.1, -0.05) is 18.2 Å². The molecule has 0 spiro atoms. The quantitative estimate of drug-likeness (QED) is 0.563. The van der Waals surface area contributed by atoms with Gasteiger partial charge in [-0.15, -0.1) is 23.1 Å². The zero-order valence-electron chi connectivity index (χ0n) is 11.0. The number of thiophene rings is 1. The second-order valence-electron chi connectivity index (χ2n) is 4.01. The van der Waals surface area contributed by atoms with Gasteiger partial charge in [0.05, 0.1) is 5.56 Å². The number of nitrogens with one attached hydrogen (secondary N) is 2. The van der Waals surface area contributed by atoms with E-state index in [4.69, 9.17) is 5.11 Å². The van der Waals surface area contributed by atoms with Gasteiger partial charge in [0.1, 0.15) is 5.00 Å². The first-order chi connectivity index (χ1) is 10.2. The molecule has 0 aliphatic heterocycles. The number of benzene rings is 1. The maximum atomic E-state index is 11.7. The summed E-state index contributed by atoms with van der Waals surface area (Å²) in [7, 11) is 0. The second kappa shape index (κ2) is 7.70. The standard InChI is InChI=1S/C14H14N2O3S2/c17-13(18)11-6-8-21-12(11)16-14(19)15-7-9-20-10-4-2-1-3-5-10/h1-6,8H,7,9H2,(H,17,18)(H2,15,16,19). The van der Waals surface area contributed by atoms with E-state index in [1.54, 1.807) is 17.1 Å². The third kappa shape index (κ3) is 4.80. The first-order valence-electron chi connectivity index (χ1n) is 6.20. The highest BCUT2D eigenvalue weighted by Gasteiger charge is 2.13. The SMILES string of the molecule is O=C(NCCSc1ccccc1)Nc1sccc1C(=O)O. The maximum absolute atomic E-state index is 11.7. The highest BCUT2D eigenvalue weighted by atomic mass is 32.2. The van der Waals surface area contributed by atoms with Crippen LogP contribution in [0.2, 0.25) is 0 Å². The minimum atomic E-state index is -1.05. The van der Waals surface area contributed by atoms with E-state index >= 15 is 0 Å². The van der Waals surface area contributed by atoms with Gasteiger partial charge in [-0.2, -0.15) is 0 Å². The van der Waals surface area contributed by atoms with Gasteiger partial charge < -0.3 is 10.4 Å². The average molecular weight is 322 g/mol. The first-order valence-corrected chi connectivity index (χ1v) is 8.07. The topological polar surface area (TPSA) is 78.4 Å². The minimum Gasteiger partial charge on any atom is -0.478 e. The predicted molar refractivity (Wildman–Crippen MR) is 85.5 cm³/mol. The van der Waals surface area contributed by atoms with Crippen molar-refractivity contribution in [2.45, 2.75) is 4.90 Å². The molecule has 1 aromatic carbocycles. The number of anilines is 1. The van der Waals surface area contributed by atoms with Gasteiger partial charge >= 0.3 is 12.0 Å². The van der Waals surface area contributed by atoms with Crippen molar-refractivity contribution in [1.29, 1.82) is 0 Å². The molecule has 0 saturated carbocycles. The van der Waals surface area contributed by atoms with E-state index in [1.807, 2.05) is 30.3 Å². The highest BCUT2D eigenvalue weighted by Crippen LogP contribution is 2.22. The summed E-state index contributed by atoms with van der Waals surface area (Å²) in [4.78, 5) is 23.7. The van der Waals surface area contributed by atoms with Crippen molar-refractivity contribution in [2.75, 3.05) is 17.6 Å². The third-order valence-corrected chi connectivity index (χ3v) is 4.37. The average Bonchev–Trinajstić information content (AvgIpc) is 2.93. The minimum absolute atomic E-state index is 0.105. The molecule has 0 unspecified atom stereocenters. The van der Waals surface area contributed by atoms with Crippen LogP contribution in [0, 0.1) is 0 Å². The van der Waals surface area contributed by atoms with Crippen LogP contribution in [0.4, 0.5) is 9.80 Å². The zero-order chi connectivity index (χ0) is 15.1. The molecule has 21 heavy (non-hydrogen) atoms. The molecular weight excluding hydrogens is 308 g/mol. The molecule has 5 nitrogen and oxygen atoms in total. The Hall–Kier alpha value is -1.99. The molecule has 0 aliphatic rings. The fourth-order valence-corrected chi connectivity index (χ4v) is 3.14. The van der Waals surface area contributed by atoms with Crippen LogP contribution in [0.3, 0.4) is 0 Å². The van der Waals surface area contributed by atoms with Crippen molar-refractivity contribution in [3.8, 4) is 0 Å². The molecule has 0 bridgehead atoms. The van der Waals surface area contributed by atoms with Crippen LogP contribution in [0.1, 0.15) is 10.4 Å². The fourth-order valence-electron chi connectivity index (χ4n) is 1.57. The Morgan fingerprint density at radius 1 is 1.19 bits per heavy atom. The van der Waals surface area contributed by atoms with E-state index in [-0.39, 0.29) is 5.56 Å². The number of carboxylic acids is 1. The van der Waals surface area contributed by atoms with Crippen LogP contribution >= 0.6 is 23.1 Å². The number of rotatable bonds is 6. The van der Waals surface area contributed by atoms with Crippen LogP contribution < -0.4 is 10.6 Å². The summed E-state index contributed by atoms with van der Waals surface area (Å²) < 4.78 is 0. The van der Waals surface area contributed by atoms with E-state index in [2.05, 4.69) is 10.6 Å². The molecule has 1 aromatic heterocycles. The van der Waals surface area contributed by atoms with Crippen LogP contribution in [-0.2, 0) is 0 Å². The molecule has 0 atom stereocenters. The van der Waals surface area contributed by atoms with Gasteiger partial charge in [-0.25, -0.2) is 9.59 Å². The lowest BCUT2D eigenvalue weighted by Crippen LogP contribution is -2.30. The summed E-state index contributed by atoms with van der Waals surface area (Å²) in [5.74, 6) is -0.306. The van der Waals surface area contributed by atoms with Crippen molar-refractivity contribution >= 4 is 40.1 Å². The van der Waals surface area contributed by atoms with Gasteiger partial charge in [0.25, 0.3) is 0 Å². The molecule has 110 valence electrons. The molecule has 2 amide bonds. The van der Waals surface area contributed by atoms with Crippen molar-refractivity contribution < 1.29 is 14.7 Å². The predicted octanol–water partition coefficient (Wildman–Crippen LogP) is 3.36. The van der Waals surface area contributed by atoms with E-state index in [0.717, 1.165) is 10.6 Å². The number of amides is 2. The van der Waals surface area contributed by atoms with Crippen molar-refractivity contribution in [3.05, 3.63) is 47.3 Å². The Balaban J connectivity index is 1.73. The molecule has 0 aliphatic carbocycles. The molecule has 1 heterocycles. The number of carboxylic acid groups (broad SMARTS) is 1. The molecular formula is C14H14N2O3S2. The Morgan fingerprint density at radius 3 is 2.67 bits per heavy atom. The number of aromatic carboxylic acids is 1. The normalized spacial score (nSPS) is 10.1. The highest BCUT2D eigenvalue weighted by molar-refractivity contribution is 7.99. The number of urea groups is 1. The zero-order valence-corrected chi connectivity index (χ0v) is 12.7. The Morgan fingerprint density at radius 2 is 1.95 bits per heavy atom. The van der Waals surface area contributed by atoms with Crippen LogP contribution in [0.5, 0.6) is 0 Å². The summed E-state index contributed by atoms with van der Waals surface area (Å²) in [5.41, 5.74) is 0.105. The summed E-state index contributed by atoms with van der Waals surface area (Å²) in [5, 5.41) is 16.2. The van der Waals surface area contributed by atoms with Gasteiger partial charge in [-0.05, 0) is 23.6 Å². The monoisotopic (exact) mass is 322 g/mol. The summed E-state index contributed by atoms with van der Waals surface area (Å²) in [6, 6.07) is 11.0. The fraction of sp³-hybridized carbons (Fsp3) is 0.143. The molecule has 2 rings (SSSR count). The van der Waals surface area contributed by atoms with Gasteiger partial charge in [0, 0.05) is 17.2 Å². The van der Waals surface area contributed by atoms with Crippen LogP contribution in [0.15, 0.2) is 46.7 Å². The molecule has 0 fully saturated rings. The number of hydrogen-bond donors (Lipinski definition) is 3. The summed E-state index contributed by atoms with van der Waals surface area (Å²) in [6.07, 6.45) is 0. The largest absolute Gasteiger partial charge is 0.478 e. The van der Waals surface area contributed by atoms with Crippen molar-refractivity contribution in [2.24, 2.45) is 0 Å². The van der Waals surface area contributed by atoms with E-state index in [1.165, 1.54) is 17.4 Å². The first kappa shape index (κ1) is 15.4. The number of thioether (sulfide) groups is 1. The molecule has 0 radical (unpaired) electrons. The molecule has 0 saturated heterocycles. The Labute approximate surface area is 130 Å². The van der Waals surface area contributed by atoms with Crippen molar-refractivity contribution in [1.82, 2.24) is 5.32 Å². The van der Waals surface area contributed by atoms with Crippen LogP contribution in [-0.4, -0.2) is 29.4 Å². The Kier molecular flexibility index (Phi) is 5.65. The second-order valence-corrected chi connectivity index (χ2v) is 6.10. The number of hydrogen-bond acceptors (Lipinski definition) is 4. The van der Waals surface area contributed by atoms with Gasteiger partial charge in [0.15, 0.2) is 0 Å². The lowest BCUT2D eigenvalue weighted by molar-refractivity contribution is 0.0698. The number of carbonyl (C=O) groups excluding carboxylic acids is 1. The lowest BCUT2D eigenvalue weighted by atomic mass is 10.3. The summed E-state index contributed by atoms with van der Waals surface area (Å²) in [6.45, 7) is 0.499. The van der Waals surface area contributed by atoms with Gasteiger partial charge in [-0.3, -0.25) is 5.32 Å². The molecule has 2 aromatic rings. The lowest BCUT2D eigenvalue weighted by Gasteiger charge is -2.07. The van der Waals surface area contributed by atoms with Crippen molar-refractivity contribution in [3.63, 3.8) is 0 Å². The van der Waals surface area contributed by atoms with Crippen LogP contribution in [0.25, 0.3) is 0 Å². The van der Waals surface area contributed by atoms with E-state index in [0.29, 0.717) is 11.5 Å². The summed E-state index contributed by atoms with van der Waals surface area (Å²) >= 11 is 2.83. The maximum Gasteiger partial charge on any atom is 0.338 e. The van der Waals surface area contributed by atoms with E-state index < -0.39 is 12.0 Å². The van der Waals surface area contributed by atoms with Gasteiger partial charge in [0.2, 0.25) is 0 Å². The smallest absolute Gasteiger partial charge is 0.338 e. The molecule has 3 N–H and O–H groups in total. The third-order valence-electron chi connectivity index (χ3n) is 2.52.